The second-order valence-electron chi connectivity index (χ2n) is 6.09. The van der Waals surface area contributed by atoms with Crippen LogP contribution in [-0.4, -0.2) is 12.2 Å². The van der Waals surface area contributed by atoms with Gasteiger partial charge in [0.15, 0.2) is 0 Å². The zero-order valence-corrected chi connectivity index (χ0v) is 6.89. The van der Waals surface area contributed by atoms with E-state index in [4.69, 9.17) is 4.74 Å². The zero-order valence-electron chi connectivity index (χ0n) is 6.89. The topological polar surface area (TPSA) is 9.23 Å². The van der Waals surface area contributed by atoms with E-state index in [9.17, 15) is 0 Å². The lowest BCUT2D eigenvalue weighted by Gasteiger charge is -2.43. The Morgan fingerprint density at radius 2 is 1.25 bits per heavy atom. The van der Waals surface area contributed by atoms with Gasteiger partial charge in [0.25, 0.3) is 0 Å². The fourth-order valence-corrected chi connectivity index (χ4v) is 6.91. The summed E-state index contributed by atoms with van der Waals surface area (Å²) in [5, 5.41) is 0. The molecule has 7 rings (SSSR count). The molecule has 0 N–H and O–H groups in total. The van der Waals surface area contributed by atoms with Gasteiger partial charge in [0, 0.05) is 0 Å². The molecule has 4 bridgehead atoms. The molecule has 0 aromatic rings. The second kappa shape index (κ2) is 1.06. The molecule has 10 atom stereocenters. The third-order valence-electron chi connectivity index (χ3n) is 6.58. The largest absolute Gasteiger partial charge is 0.374 e. The Labute approximate surface area is 71.5 Å². The van der Waals surface area contributed by atoms with Crippen LogP contribution in [0.25, 0.3) is 0 Å². The van der Waals surface area contributed by atoms with E-state index in [2.05, 4.69) is 0 Å². The predicted octanol–water partition coefficient (Wildman–Crippen LogP) is 1.14. The molecule has 1 heteroatoms. The summed E-state index contributed by atoms with van der Waals surface area (Å²) in [7, 11) is 0. The molecule has 2 aliphatic heterocycles. The van der Waals surface area contributed by atoms with Gasteiger partial charge in [0.2, 0.25) is 0 Å². The van der Waals surface area contributed by atoms with Crippen molar-refractivity contribution in [3.05, 3.63) is 0 Å². The highest BCUT2D eigenvalue weighted by Gasteiger charge is 2.87. The zero-order chi connectivity index (χ0) is 7.19. The van der Waals surface area contributed by atoms with Gasteiger partial charge in [-0.25, -0.2) is 0 Å². The lowest BCUT2D eigenvalue weighted by Crippen LogP contribution is -2.43. The summed E-state index contributed by atoms with van der Waals surface area (Å²) >= 11 is 0. The molecule has 7 aliphatic rings. The summed E-state index contributed by atoms with van der Waals surface area (Å²) in [5.41, 5.74) is 0. The molecule has 5 saturated carbocycles. The minimum Gasteiger partial charge on any atom is -0.374 e. The summed E-state index contributed by atoms with van der Waals surface area (Å²) in [6.45, 7) is 0. The van der Waals surface area contributed by atoms with Crippen LogP contribution in [0.2, 0.25) is 0 Å². The average molecular weight is 160 g/mol. The van der Waals surface area contributed by atoms with Gasteiger partial charge in [-0.05, 0) is 53.8 Å². The fourth-order valence-electron chi connectivity index (χ4n) is 6.91. The molecule has 1 nitrogen and oxygen atoms in total. The third-order valence-corrected chi connectivity index (χ3v) is 6.58. The maximum absolute atomic E-state index is 6.17. The van der Waals surface area contributed by atoms with Crippen molar-refractivity contribution in [1.29, 1.82) is 0 Å². The SMILES string of the molecule is C1[C@@H]2[C@@H]3[C@H]4[C@H]1[C@@H]1[C@H]5O[C@@H]([C@H]3[C@H]54)[C@H]21. The van der Waals surface area contributed by atoms with Gasteiger partial charge < -0.3 is 4.74 Å². The molecule has 0 amide bonds. The molecule has 0 unspecified atom stereocenters. The molecule has 0 spiro atoms. The first kappa shape index (κ1) is 4.99. The van der Waals surface area contributed by atoms with Crippen LogP contribution in [0.3, 0.4) is 0 Å². The van der Waals surface area contributed by atoms with Gasteiger partial charge in [-0.3, -0.25) is 0 Å². The Morgan fingerprint density at radius 1 is 0.667 bits per heavy atom. The molecule has 7 fully saturated rings. The van der Waals surface area contributed by atoms with Gasteiger partial charge in [-0.1, -0.05) is 0 Å². The van der Waals surface area contributed by atoms with Gasteiger partial charge in [0.05, 0.1) is 12.2 Å². The molecule has 0 aromatic carbocycles. The molecule has 62 valence electrons. The summed E-state index contributed by atoms with van der Waals surface area (Å²) < 4.78 is 6.17. The summed E-state index contributed by atoms with van der Waals surface area (Å²) in [6, 6.07) is 0. The van der Waals surface area contributed by atoms with Crippen LogP contribution in [0.1, 0.15) is 6.42 Å². The van der Waals surface area contributed by atoms with E-state index >= 15 is 0 Å². The first-order valence-corrected chi connectivity index (χ1v) is 5.62. The Hall–Kier alpha value is -0.0400. The van der Waals surface area contributed by atoms with Gasteiger partial charge in [0.1, 0.15) is 0 Å². The smallest absolute Gasteiger partial charge is 0.0648 e. The lowest BCUT2D eigenvalue weighted by molar-refractivity contribution is 0.0368. The Kier molecular flexibility index (Phi) is 0.443. The maximum Gasteiger partial charge on any atom is 0.0648 e. The summed E-state index contributed by atoms with van der Waals surface area (Å²) in [5.74, 6) is 8.98. The molecular weight excluding hydrogens is 148 g/mol. The highest BCUT2D eigenvalue weighted by molar-refractivity contribution is 5.34. The fraction of sp³-hybridized carbons (Fsp3) is 1.00. The van der Waals surface area contributed by atoms with Crippen LogP contribution in [-0.2, 0) is 4.74 Å². The Balaban J connectivity index is 1.86. The quantitative estimate of drug-likeness (QED) is 0.516. The van der Waals surface area contributed by atoms with Crippen molar-refractivity contribution in [2.45, 2.75) is 18.6 Å². The van der Waals surface area contributed by atoms with Gasteiger partial charge in [-0.15, -0.1) is 0 Å². The van der Waals surface area contributed by atoms with Crippen molar-refractivity contribution in [1.82, 2.24) is 0 Å². The van der Waals surface area contributed by atoms with Gasteiger partial charge in [-0.2, -0.15) is 0 Å². The minimum absolute atomic E-state index is 0.781. The average Bonchev–Trinajstić information content (AvgIpc) is 2.51. The van der Waals surface area contributed by atoms with Crippen LogP contribution >= 0.6 is 0 Å². The van der Waals surface area contributed by atoms with Crippen LogP contribution in [0.5, 0.6) is 0 Å². The van der Waals surface area contributed by atoms with E-state index < -0.39 is 0 Å². The van der Waals surface area contributed by atoms with Crippen molar-refractivity contribution in [2.24, 2.45) is 47.3 Å². The first-order chi connectivity index (χ1) is 5.97. The monoisotopic (exact) mass is 160 g/mol. The molecule has 0 aromatic heterocycles. The summed E-state index contributed by atoms with van der Waals surface area (Å²) in [4.78, 5) is 0. The lowest BCUT2D eigenvalue weighted by atomic mass is 9.60. The van der Waals surface area contributed by atoms with E-state index in [1.165, 1.54) is 11.8 Å². The predicted molar refractivity (Wildman–Crippen MR) is 41.2 cm³/mol. The number of hydrogen-bond donors (Lipinski definition) is 0. The normalized spacial score (nSPS) is 94.0. The van der Waals surface area contributed by atoms with Crippen LogP contribution in [0, 0.1) is 47.3 Å². The van der Waals surface area contributed by atoms with Crippen LogP contribution in [0.4, 0.5) is 0 Å². The van der Waals surface area contributed by atoms with E-state index in [-0.39, 0.29) is 0 Å². The molecule has 5 aliphatic carbocycles. The Morgan fingerprint density at radius 3 is 1.83 bits per heavy atom. The highest BCUT2D eigenvalue weighted by Crippen LogP contribution is 2.87. The van der Waals surface area contributed by atoms with E-state index in [1.807, 2.05) is 0 Å². The first-order valence-electron chi connectivity index (χ1n) is 5.62. The Bertz CT molecular complexity index is 246. The van der Waals surface area contributed by atoms with Crippen LogP contribution < -0.4 is 0 Å². The molecule has 2 saturated heterocycles. The van der Waals surface area contributed by atoms with Crippen molar-refractivity contribution in [3.8, 4) is 0 Å². The van der Waals surface area contributed by atoms with E-state index in [0.29, 0.717) is 0 Å². The number of rotatable bonds is 0. The van der Waals surface area contributed by atoms with Crippen molar-refractivity contribution in [3.63, 3.8) is 0 Å². The van der Waals surface area contributed by atoms with Gasteiger partial charge >= 0.3 is 0 Å². The summed E-state index contributed by atoms with van der Waals surface area (Å²) in [6.07, 6.45) is 3.18. The van der Waals surface area contributed by atoms with Crippen molar-refractivity contribution >= 4 is 0 Å². The third kappa shape index (κ3) is 0.222. The standard InChI is InChI=1S/C11H12O/c1-2-4-5-3(1)7-6(2)10-8(4)9(5)11(7)12-10/h2-11H,1H2/t2-,3+,4-,5-,6-,7+,8-,9-,10-,11-/m1/s1. The molecule has 12 heavy (non-hydrogen) atoms. The molecular formula is C11H12O. The van der Waals surface area contributed by atoms with Crippen molar-refractivity contribution < 1.29 is 4.74 Å². The number of ether oxygens (including phenoxy) is 1. The second-order valence-corrected chi connectivity index (χ2v) is 6.09. The maximum atomic E-state index is 6.17. The highest BCUT2D eigenvalue weighted by atomic mass is 16.5. The number of hydrogen-bond acceptors (Lipinski definition) is 1. The molecule has 2 heterocycles. The van der Waals surface area contributed by atoms with Crippen LogP contribution in [0.15, 0.2) is 0 Å². The van der Waals surface area contributed by atoms with E-state index in [1.54, 1.807) is 6.42 Å². The van der Waals surface area contributed by atoms with E-state index in [0.717, 1.165) is 47.7 Å². The van der Waals surface area contributed by atoms with Crippen molar-refractivity contribution in [2.75, 3.05) is 0 Å². The minimum atomic E-state index is 0.781. The molecule has 0 radical (unpaired) electrons.